The van der Waals surface area contributed by atoms with Gasteiger partial charge in [0.15, 0.2) is 0 Å². The van der Waals surface area contributed by atoms with Crippen LogP contribution in [0, 0.1) is 27.8 Å². The number of nitro benzene ring substituents is 1. The first-order valence-electron chi connectivity index (χ1n) is 8.08. The van der Waals surface area contributed by atoms with E-state index in [1.54, 1.807) is 24.3 Å². The molecule has 0 radical (unpaired) electrons. The van der Waals surface area contributed by atoms with Gasteiger partial charge < -0.3 is 4.90 Å². The highest BCUT2D eigenvalue weighted by atomic mass is 19.1. The molecule has 2 aromatic carbocycles. The average Bonchev–Trinajstić information content (AvgIpc) is 2.64. The van der Waals surface area contributed by atoms with E-state index in [4.69, 9.17) is 0 Å². The van der Waals surface area contributed by atoms with Crippen LogP contribution in [0.1, 0.15) is 5.56 Å². The largest absolute Gasteiger partial charge is 0.363 e. The minimum Gasteiger partial charge on any atom is -0.363 e. The standard InChI is InChI=1S/C19H18FN3O2/c20-17-9-7-16(8-10-17)4-3-11-21-12-14-22(15-13-21)18-5-1-2-6-19(18)23(24)25/h1-2,5-10H,11-15H2. The molecule has 1 heterocycles. The van der Waals surface area contributed by atoms with E-state index in [0.717, 1.165) is 31.7 Å². The van der Waals surface area contributed by atoms with Crippen LogP contribution >= 0.6 is 0 Å². The number of halogens is 1. The first-order valence-corrected chi connectivity index (χ1v) is 8.08. The van der Waals surface area contributed by atoms with Crippen LogP contribution in [0.4, 0.5) is 15.8 Å². The van der Waals surface area contributed by atoms with Crippen LogP contribution in [-0.4, -0.2) is 42.5 Å². The van der Waals surface area contributed by atoms with Crippen molar-refractivity contribution in [1.29, 1.82) is 0 Å². The highest BCUT2D eigenvalue weighted by molar-refractivity contribution is 5.63. The molecule has 128 valence electrons. The Morgan fingerprint density at radius 2 is 1.72 bits per heavy atom. The van der Waals surface area contributed by atoms with Crippen molar-refractivity contribution >= 4 is 11.4 Å². The maximum Gasteiger partial charge on any atom is 0.292 e. The van der Waals surface area contributed by atoms with Crippen LogP contribution in [0.15, 0.2) is 48.5 Å². The summed E-state index contributed by atoms with van der Waals surface area (Å²) in [7, 11) is 0. The highest BCUT2D eigenvalue weighted by Crippen LogP contribution is 2.28. The number of rotatable bonds is 3. The van der Waals surface area contributed by atoms with Crippen molar-refractivity contribution < 1.29 is 9.31 Å². The van der Waals surface area contributed by atoms with Gasteiger partial charge in [-0.25, -0.2) is 4.39 Å². The minimum absolute atomic E-state index is 0.145. The van der Waals surface area contributed by atoms with Crippen molar-refractivity contribution in [3.63, 3.8) is 0 Å². The molecule has 2 aromatic rings. The highest BCUT2D eigenvalue weighted by Gasteiger charge is 2.22. The van der Waals surface area contributed by atoms with Gasteiger partial charge in [0.25, 0.3) is 5.69 Å². The average molecular weight is 339 g/mol. The molecular weight excluding hydrogens is 321 g/mol. The van der Waals surface area contributed by atoms with Gasteiger partial charge in [-0.3, -0.25) is 15.0 Å². The van der Waals surface area contributed by atoms with Gasteiger partial charge in [-0.05, 0) is 30.3 Å². The molecule has 1 saturated heterocycles. The summed E-state index contributed by atoms with van der Waals surface area (Å²) in [5, 5.41) is 11.2. The lowest BCUT2D eigenvalue weighted by atomic mass is 10.2. The Morgan fingerprint density at radius 3 is 2.40 bits per heavy atom. The van der Waals surface area contributed by atoms with Gasteiger partial charge in [0.1, 0.15) is 11.5 Å². The van der Waals surface area contributed by atoms with Crippen LogP contribution in [-0.2, 0) is 0 Å². The molecule has 1 aliphatic rings. The molecule has 1 aliphatic heterocycles. The third kappa shape index (κ3) is 4.34. The molecule has 0 N–H and O–H groups in total. The van der Waals surface area contributed by atoms with Gasteiger partial charge in [0.05, 0.1) is 11.5 Å². The fraction of sp³-hybridized carbons (Fsp3) is 0.263. The van der Waals surface area contributed by atoms with Crippen molar-refractivity contribution in [3.8, 4) is 11.8 Å². The number of hydrogen-bond donors (Lipinski definition) is 0. The van der Waals surface area contributed by atoms with E-state index in [9.17, 15) is 14.5 Å². The molecule has 0 bridgehead atoms. The lowest BCUT2D eigenvalue weighted by Gasteiger charge is -2.34. The summed E-state index contributed by atoms with van der Waals surface area (Å²) >= 11 is 0. The van der Waals surface area contributed by atoms with E-state index in [1.165, 1.54) is 18.2 Å². The monoisotopic (exact) mass is 339 g/mol. The van der Waals surface area contributed by atoms with Gasteiger partial charge >= 0.3 is 0 Å². The van der Waals surface area contributed by atoms with E-state index in [-0.39, 0.29) is 16.4 Å². The smallest absolute Gasteiger partial charge is 0.292 e. The summed E-state index contributed by atoms with van der Waals surface area (Å²) in [4.78, 5) is 15.1. The quantitative estimate of drug-likeness (QED) is 0.490. The first-order chi connectivity index (χ1) is 12.1. The second-order valence-electron chi connectivity index (χ2n) is 5.82. The minimum atomic E-state index is -0.337. The Balaban J connectivity index is 1.56. The Hall–Kier alpha value is -2.91. The molecule has 0 atom stereocenters. The second-order valence-corrected chi connectivity index (χ2v) is 5.82. The van der Waals surface area contributed by atoms with Gasteiger partial charge in [-0.1, -0.05) is 24.0 Å². The number of piperazine rings is 1. The van der Waals surface area contributed by atoms with Gasteiger partial charge in [-0.2, -0.15) is 0 Å². The van der Waals surface area contributed by atoms with Crippen LogP contribution in [0.2, 0.25) is 0 Å². The maximum absolute atomic E-state index is 12.9. The predicted molar refractivity (Wildman–Crippen MR) is 95.0 cm³/mol. The zero-order valence-electron chi connectivity index (χ0n) is 13.7. The molecule has 1 fully saturated rings. The van der Waals surface area contributed by atoms with Gasteiger partial charge in [-0.15, -0.1) is 0 Å². The number of benzene rings is 2. The number of para-hydroxylation sites is 2. The van der Waals surface area contributed by atoms with E-state index >= 15 is 0 Å². The molecule has 25 heavy (non-hydrogen) atoms. The maximum atomic E-state index is 12.9. The lowest BCUT2D eigenvalue weighted by Crippen LogP contribution is -2.46. The van der Waals surface area contributed by atoms with Crippen molar-refractivity contribution in [2.24, 2.45) is 0 Å². The van der Waals surface area contributed by atoms with Crippen molar-refractivity contribution in [3.05, 3.63) is 70.0 Å². The van der Waals surface area contributed by atoms with Gasteiger partial charge in [0.2, 0.25) is 0 Å². The molecule has 0 unspecified atom stereocenters. The zero-order chi connectivity index (χ0) is 17.6. The molecule has 6 heteroatoms. The summed E-state index contributed by atoms with van der Waals surface area (Å²) in [5.74, 6) is 5.86. The summed E-state index contributed by atoms with van der Waals surface area (Å²) in [6.45, 7) is 3.67. The molecule has 0 aromatic heterocycles. The number of nitro groups is 1. The van der Waals surface area contributed by atoms with E-state index in [2.05, 4.69) is 16.7 Å². The molecule has 0 aliphatic carbocycles. The fourth-order valence-electron chi connectivity index (χ4n) is 2.82. The zero-order valence-corrected chi connectivity index (χ0v) is 13.7. The molecule has 0 amide bonds. The van der Waals surface area contributed by atoms with E-state index in [0.29, 0.717) is 12.2 Å². The summed E-state index contributed by atoms with van der Waals surface area (Å²) in [6.07, 6.45) is 0. The summed E-state index contributed by atoms with van der Waals surface area (Å²) in [5.41, 5.74) is 1.61. The van der Waals surface area contributed by atoms with E-state index in [1.807, 2.05) is 11.0 Å². The second kappa shape index (κ2) is 7.77. The Morgan fingerprint density at radius 1 is 1.04 bits per heavy atom. The molecular formula is C19H18FN3O2. The third-order valence-corrected chi connectivity index (χ3v) is 4.17. The van der Waals surface area contributed by atoms with Gasteiger partial charge in [0, 0.05) is 37.8 Å². The van der Waals surface area contributed by atoms with Crippen molar-refractivity contribution in [2.75, 3.05) is 37.6 Å². The number of hydrogen-bond acceptors (Lipinski definition) is 4. The summed E-state index contributed by atoms with van der Waals surface area (Å²) in [6, 6.07) is 13.0. The van der Waals surface area contributed by atoms with Crippen molar-refractivity contribution in [2.45, 2.75) is 0 Å². The van der Waals surface area contributed by atoms with Crippen molar-refractivity contribution in [1.82, 2.24) is 4.90 Å². The molecule has 0 saturated carbocycles. The fourth-order valence-corrected chi connectivity index (χ4v) is 2.82. The lowest BCUT2D eigenvalue weighted by molar-refractivity contribution is -0.384. The van der Waals surface area contributed by atoms with E-state index < -0.39 is 0 Å². The Kier molecular flexibility index (Phi) is 5.26. The Labute approximate surface area is 145 Å². The van der Waals surface area contributed by atoms with Crippen LogP contribution in [0.5, 0.6) is 0 Å². The molecule has 0 spiro atoms. The predicted octanol–water partition coefficient (Wildman–Crippen LogP) is 2.91. The third-order valence-electron chi connectivity index (χ3n) is 4.17. The SMILES string of the molecule is O=[N+]([O-])c1ccccc1N1CCN(CC#Cc2ccc(F)cc2)CC1. The first kappa shape index (κ1) is 16.9. The normalized spacial score (nSPS) is 14.7. The number of anilines is 1. The summed E-state index contributed by atoms with van der Waals surface area (Å²) < 4.78 is 12.9. The molecule has 3 rings (SSSR count). The molecule has 5 nitrogen and oxygen atoms in total. The van der Waals surface area contributed by atoms with Crippen LogP contribution in [0.3, 0.4) is 0 Å². The topological polar surface area (TPSA) is 49.6 Å². The number of nitrogens with zero attached hydrogens (tertiary/aromatic N) is 3. The Bertz CT molecular complexity index is 803. The van der Waals surface area contributed by atoms with Crippen LogP contribution in [0.25, 0.3) is 0 Å². The van der Waals surface area contributed by atoms with Crippen LogP contribution < -0.4 is 4.90 Å².